The predicted molar refractivity (Wildman–Crippen MR) is 114 cm³/mol. The second-order valence-corrected chi connectivity index (χ2v) is 11.6. The number of nitro groups is 1. The molecule has 0 aromatic rings. The number of esters is 2. The zero-order valence-corrected chi connectivity index (χ0v) is 19.7. The van der Waals surface area contributed by atoms with Crippen LogP contribution in [-0.4, -0.2) is 40.0 Å². The van der Waals surface area contributed by atoms with Crippen LogP contribution in [0.5, 0.6) is 0 Å². The highest BCUT2D eigenvalue weighted by Gasteiger charge is 2.71. The molecule has 0 aromatic carbocycles. The fourth-order valence-electron chi connectivity index (χ4n) is 8.13. The molecule has 0 aliphatic heterocycles. The van der Waals surface area contributed by atoms with Crippen molar-refractivity contribution < 1.29 is 24.0 Å². The zero-order valence-electron chi connectivity index (χ0n) is 18.9. The lowest BCUT2D eigenvalue weighted by atomic mass is 9.43. The van der Waals surface area contributed by atoms with Crippen LogP contribution in [0.2, 0.25) is 0 Å². The third kappa shape index (κ3) is 3.37. The average Bonchev–Trinajstić information content (AvgIpc) is 2.97. The molecule has 4 fully saturated rings. The van der Waals surface area contributed by atoms with Crippen LogP contribution >= 0.6 is 11.6 Å². The van der Waals surface area contributed by atoms with Crippen LogP contribution in [0, 0.1) is 38.7 Å². The fraction of sp³-hybridized carbons (Fsp3) is 0.913. The Morgan fingerprint density at radius 2 is 1.68 bits per heavy atom. The summed E-state index contributed by atoms with van der Waals surface area (Å²) in [6.45, 7) is 7.17. The molecule has 7 nitrogen and oxygen atoms in total. The number of halogens is 1. The van der Waals surface area contributed by atoms with Gasteiger partial charge in [0.15, 0.2) is 0 Å². The molecule has 0 radical (unpaired) electrons. The molecule has 0 N–H and O–H groups in total. The van der Waals surface area contributed by atoms with Crippen molar-refractivity contribution in [3.05, 3.63) is 10.1 Å². The summed E-state index contributed by atoms with van der Waals surface area (Å²) in [7, 11) is 0. The van der Waals surface area contributed by atoms with Crippen LogP contribution in [-0.2, 0) is 19.1 Å². The van der Waals surface area contributed by atoms with Gasteiger partial charge in [0.05, 0.1) is 0 Å². The van der Waals surface area contributed by atoms with Crippen molar-refractivity contribution in [2.45, 2.75) is 102 Å². The molecule has 0 spiro atoms. The van der Waals surface area contributed by atoms with Crippen molar-refractivity contribution in [2.75, 3.05) is 0 Å². The number of carbonyl (C=O) groups is 2. The first-order chi connectivity index (χ1) is 14.4. The molecule has 9 unspecified atom stereocenters. The molecule has 4 aliphatic rings. The number of ether oxygens (including phenoxy) is 2. The molecule has 4 aliphatic carbocycles. The molecule has 4 rings (SSSR count). The van der Waals surface area contributed by atoms with Gasteiger partial charge in [-0.2, -0.15) is 0 Å². The van der Waals surface area contributed by atoms with Crippen LogP contribution < -0.4 is 0 Å². The number of hydrogen-bond acceptors (Lipinski definition) is 6. The smallest absolute Gasteiger partial charge is 0.302 e. The lowest BCUT2D eigenvalue weighted by Crippen LogP contribution is -2.68. The first-order valence-electron chi connectivity index (χ1n) is 11.6. The largest absolute Gasteiger partial charge is 0.462 e. The van der Waals surface area contributed by atoms with Crippen LogP contribution in [0.1, 0.15) is 79.1 Å². The van der Waals surface area contributed by atoms with Crippen molar-refractivity contribution in [3.63, 3.8) is 0 Å². The molecule has 31 heavy (non-hydrogen) atoms. The second-order valence-electron chi connectivity index (χ2n) is 10.9. The van der Waals surface area contributed by atoms with E-state index in [2.05, 4.69) is 13.8 Å². The Morgan fingerprint density at radius 1 is 1.00 bits per heavy atom. The molecule has 174 valence electrons. The van der Waals surface area contributed by atoms with E-state index in [0.29, 0.717) is 25.2 Å². The standard InChI is InChI=1S/C23H34ClNO6/c1-13(26)30-15-7-10-22(4)18-8-9-21(3)17(5-6-20(21)31-14(2)27)16(18)11-19(25(28)29)23(22,24)12-15/h15-20H,5-12H2,1-4H3. The summed E-state index contributed by atoms with van der Waals surface area (Å²) in [5.41, 5.74) is -0.529. The van der Waals surface area contributed by atoms with E-state index in [-0.39, 0.29) is 46.3 Å². The Morgan fingerprint density at radius 3 is 2.29 bits per heavy atom. The van der Waals surface area contributed by atoms with E-state index in [1.807, 2.05) is 0 Å². The van der Waals surface area contributed by atoms with Crippen molar-refractivity contribution in [1.29, 1.82) is 0 Å². The first-order valence-corrected chi connectivity index (χ1v) is 12.0. The molecule has 0 bridgehead atoms. The van der Waals surface area contributed by atoms with Gasteiger partial charge in [-0.05, 0) is 61.7 Å². The maximum absolute atomic E-state index is 12.3. The number of hydrogen-bond donors (Lipinski definition) is 0. The lowest BCUT2D eigenvalue weighted by Gasteiger charge is -2.63. The maximum Gasteiger partial charge on any atom is 0.302 e. The average molecular weight is 456 g/mol. The Bertz CT molecular complexity index is 790. The van der Waals surface area contributed by atoms with Crippen molar-refractivity contribution in [2.24, 2.45) is 28.6 Å². The second kappa shape index (κ2) is 7.60. The number of carbonyl (C=O) groups excluding carboxylic acids is 2. The quantitative estimate of drug-likeness (QED) is 0.269. The van der Waals surface area contributed by atoms with Crippen molar-refractivity contribution in [3.8, 4) is 0 Å². The van der Waals surface area contributed by atoms with E-state index in [4.69, 9.17) is 21.1 Å². The SMILES string of the molecule is CC(=O)OC1CCC2(C)C3CCC4(C)C(OC(C)=O)CCC4C3CC([N+](=O)[O-])C2(Cl)C1. The zero-order chi connectivity index (χ0) is 22.8. The minimum absolute atomic E-state index is 0.111. The summed E-state index contributed by atoms with van der Waals surface area (Å²) in [6.07, 6.45) is 5.34. The summed E-state index contributed by atoms with van der Waals surface area (Å²) >= 11 is 7.25. The van der Waals surface area contributed by atoms with Crippen molar-refractivity contribution in [1.82, 2.24) is 0 Å². The van der Waals surface area contributed by atoms with Crippen molar-refractivity contribution >= 4 is 23.5 Å². The van der Waals surface area contributed by atoms with Crippen LogP contribution in [0.25, 0.3) is 0 Å². The Kier molecular flexibility index (Phi) is 5.59. The van der Waals surface area contributed by atoms with E-state index in [9.17, 15) is 19.7 Å². The van der Waals surface area contributed by atoms with Crippen LogP contribution in [0.3, 0.4) is 0 Å². The number of nitrogens with zero attached hydrogens (tertiary/aromatic N) is 1. The summed E-state index contributed by atoms with van der Waals surface area (Å²) in [5, 5.41) is 12.3. The normalized spacial score (nSPS) is 48.7. The van der Waals surface area contributed by atoms with Crippen LogP contribution in [0.15, 0.2) is 0 Å². The van der Waals surface area contributed by atoms with Gasteiger partial charge in [0.1, 0.15) is 17.1 Å². The van der Waals surface area contributed by atoms with Gasteiger partial charge in [-0.15, -0.1) is 11.6 Å². The van der Waals surface area contributed by atoms with Crippen LogP contribution in [0.4, 0.5) is 0 Å². The number of alkyl halides is 1. The summed E-state index contributed by atoms with van der Waals surface area (Å²) in [4.78, 5) is 34.3. The van der Waals surface area contributed by atoms with Gasteiger partial charge in [-0.1, -0.05) is 13.8 Å². The van der Waals surface area contributed by atoms with Gasteiger partial charge in [0, 0.05) is 37.0 Å². The van der Waals surface area contributed by atoms with E-state index in [0.717, 1.165) is 32.1 Å². The van der Waals surface area contributed by atoms with Gasteiger partial charge >= 0.3 is 11.9 Å². The lowest BCUT2D eigenvalue weighted by molar-refractivity contribution is -0.543. The van der Waals surface area contributed by atoms with E-state index in [1.54, 1.807) is 0 Å². The summed E-state index contributed by atoms with van der Waals surface area (Å²) < 4.78 is 11.1. The van der Waals surface area contributed by atoms with E-state index >= 15 is 0 Å². The highest BCUT2D eigenvalue weighted by Crippen LogP contribution is 2.69. The monoisotopic (exact) mass is 455 g/mol. The topological polar surface area (TPSA) is 95.7 Å². The molecule has 4 saturated carbocycles. The molecule has 0 heterocycles. The first kappa shape index (κ1) is 22.8. The minimum Gasteiger partial charge on any atom is -0.462 e. The van der Waals surface area contributed by atoms with Gasteiger partial charge < -0.3 is 9.47 Å². The highest BCUT2D eigenvalue weighted by atomic mass is 35.5. The fourth-order valence-corrected chi connectivity index (χ4v) is 8.71. The number of rotatable bonds is 3. The third-order valence-electron chi connectivity index (χ3n) is 9.55. The molecular weight excluding hydrogens is 422 g/mol. The molecule has 9 atom stereocenters. The highest BCUT2D eigenvalue weighted by molar-refractivity contribution is 6.25. The van der Waals surface area contributed by atoms with E-state index in [1.165, 1.54) is 13.8 Å². The Balaban J connectivity index is 1.67. The molecule has 0 saturated heterocycles. The number of fused-ring (bicyclic) bond motifs is 5. The Hall–Kier alpha value is -1.37. The minimum atomic E-state index is -1.03. The maximum atomic E-state index is 12.3. The molecule has 8 heteroatoms. The summed E-state index contributed by atoms with van der Waals surface area (Å²) in [6, 6.07) is -0.881. The summed E-state index contributed by atoms with van der Waals surface area (Å²) in [5.74, 6) is 0.153. The van der Waals surface area contributed by atoms with Gasteiger partial charge in [0.2, 0.25) is 6.04 Å². The Labute approximate surface area is 188 Å². The molecular formula is C23H34ClNO6. The molecule has 0 aromatic heterocycles. The molecule has 0 amide bonds. The predicted octanol–water partition coefficient (Wildman–Crippen LogP) is 4.51. The third-order valence-corrected chi connectivity index (χ3v) is 10.4. The van der Waals surface area contributed by atoms with Gasteiger partial charge in [-0.25, -0.2) is 0 Å². The van der Waals surface area contributed by atoms with Gasteiger partial charge in [0.25, 0.3) is 0 Å². The van der Waals surface area contributed by atoms with E-state index < -0.39 is 16.3 Å². The van der Waals surface area contributed by atoms with Gasteiger partial charge in [-0.3, -0.25) is 19.7 Å².